The van der Waals surface area contributed by atoms with Crippen LogP contribution in [0.15, 0.2) is 54.6 Å². The number of hydrogen-bond donors (Lipinski definition) is 2. The zero-order chi connectivity index (χ0) is 23.3. The van der Waals surface area contributed by atoms with Gasteiger partial charge in [-0.1, -0.05) is 56.3 Å². The second-order valence-electron chi connectivity index (χ2n) is 9.35. The summed E-state index contributed by atoms with van der Waals surface area (Å²) < 4.78 is 0. The Labute approximate surface area is 190 Å². The van der Waals surface area contributed by atoms with Crippen LogP contribution >= 0.6 is 0 Å². The standard InChI is InChI=1S/C26H34N2O4/c1-19-16-28(13-12-26(19,2)22-10-7-11-23(29)15-22)17-21(14-20-8-5-4-6-9-20)25(32)27(3)18-24(30)31/h4-11,15,19,21,29H,12-14,16-18H2,1-3H3,(H,30,31). The van der Waals surface area contributed by atoms with Crippen molar-refractivity contribution in [2.24, 2.45) is 11.8 Å². The summed E-state index contributed by atoms with van der Waals surface area (Å²) in [5.41, 5.74) is 2.17. The van der Waals surface area contributed by atoms with Gasteiger partial charge in [0.05, 0.1) is 5.92 Å². The third kappa shape index (κ3) is 5.68. The summed E-state index contributed by atoms with van der Waals surface area (Å²) in [5, 5.41) is 19.1. The number of piperidine rings is 1. The molecule has 172 valence electrons. The maximum Gasteiger partial charge on any atom is 0.323 e. The number of amides is 1. The van der Waals surface area contributed by atoms with E-state index in [0.29, 0.717) is 18.9 Å². The van der Waals surface area contributed by atoms with Gasteiger partial charge in [0.1, 0.15) is 12.3 Å². The van der Waals surface area contributed by atoms with Crippen molar-refractivity contribution < 1.29 is 19.8 Å². The number of hydrogen-bond acceptors (Lipinski definition) is 4. The van der Waals surface area contributed by atoms with E-state index in [0.717, 1.165) is 30.6 Å². The van der Waals surface area contributed by atoms with Crippen molar-refractivity contribution in [3.63, 3.8) is 0 Å². The number of benzene rings is 2. The summed E-state index contributed by atoms with van der Waals surface area (Å²) in [6.45, 7) is 6.46. The van der Waals surface area contributed by atoms with Crippen LogP contribution in [0.1, 0.15) is 31.4 Å². The lowest BCUT2D eigenvalue weighted by Gasteiger charge is -2.46. The van der Waals surface area contributed by atoms with E-state index >= 15 is 0 Å². The highest BCUT2D eigenvalue weighted by atomic mass is 16.4. The number of phenols is 1. The zero-order valence-electron chi connectivity index (χ0n) is 19.2. The van der Waals surface area contributed by atoms with Crippen LogP contribution in [0.2, 0.25) is 0 Å². The Balaban J connectivity index is 1.73. The van der Waals surface area contributed by atoms with E-state index in [-0.39, 0.29) is 29.5 Å². The highest BCUT2D eigenvalue weighted by molar-refractivity contribution is 5.83. The Morgan fingerprint density at radius 2 is 1.91 bits per heavy atom. The van der Waals surface area contributed by atoms with Crippen molar-refractivity contribution in [2.75, 3.05) is 33.2 Å². The fraction of sp³-hybridized carbons (Fsp3) is 0.462. The summed E-state index contributed by atoms with van der Waals surface area (Å²) in [6.07, 6.45) is 1.51. The minimum absolute atomic E-state index is 0.0473. The molecule has 0 spiro atoms. The topological polar surface area (TPSA) is 81.1 Å². The molecule has 0 saturated carbocycles. The first-order valence-electron chi connectivity index (χ1n) is 11.2. The quantitative estimate of drug-likeness (QED) is 0.660. The molecule has 6 nitrogen and oxygen atoms in total. The lowest BCUT2D eigenvalue weighted by molar-refractivity contribution is -0.145. The van der Waals surface area contributed by atoms with Crippen molar-refractivity contribution in [3.8, 4) is 5.75 Å². The van der Waals surface area contributed by atoms with Crippen LogP contribution in [0.4, 0.5) is 0 Å². The second kappa shape index (κ2) is 10.2. The van der Waals surface area contributed by atoms with Crippen LogP contribution in [0.25, 0.3) is 0 Å². The second-order valence-corrected chi connectivity index (χ2v) is 9.35. The van der Waals surface area contributed by atoms with E-state index in [9.17, 15) is 14.7 Å². The van der Waals surface area contributed by atoms with Crippen molar-refractivity contribution in [3.05, 3.63) is 65.7 Å². The van der Waals surface area contributed by atoms with Gasteiger partial charge in [-0.05, 0) is 54.0 Å². The van der Waals surface area contributed by atoms with E-state index in [4.69, 9.17) is 5.11 Å². The lowest BCUT2D eigenvalue weighted by atomic mass is 9.68. The van der Waals surface area contributed by atoms with E-state index in [1.54, 1.807) is 13.1 Å². The molecule has 6 heteroatoms. The molecule has 1 aliphatic rings. The van der Waals surface area contributed by atoms with Crippen LogP contribution in [-0.4, -0.2) is 65.1 Å². The van der Waals surface area contributed by atoms with Gasteiger partial charge >= 0.3 is 5.97 Å². The third-order valence-corrected chi connectivity index (χ3v) is 6.97. The number of carbonyl (C=O) groups is 2. The summed E-state index contributed by atoms with van der Waals surface area (Å²) in [5.74, 6) is -0.826. The maximum atomic E-state index is 13.1. The molecule has 0 radical (unpaired) electrons. The Morgan fingerprint density at radius 1 is 1.19 bits per heavy atom. The van der Waals surface area contributed by atoms with Crippen LogP contribution in [-0.2, 0) is 21.4 Å². The van der Waals surface area contributed by atoms with Crippen LogP contribution in [0, 0.1) is 11.8 Å². The predicted molar refractivity (Wildman–Crippen MR) is 125 cm³/mol. The SMILES string of the molecule is CC1CN(CC(Cc2ccccc2)C(=O)N(C)CC(=O)O)CCC1(C)c1cccc(O)c1. The lowest BCUT2D eigenvalue weighted by Crippen LogP contribution is -2.50. The number of carboxylic acids is 1. The van der Waals surface area contributed by atoms with Gasteiger partial charge in [-0.3, -0.25) is 9.59 Å². The minimum Gasteiger partial charge on any atom is -0.508 e. The number of likely N-dealkylation sites (N-methyl/N-ethyl adjacent to an activating group) is 1. The first-order chi connectivity index (χ1) is 15.2. The van der Waals surface area contributed by atoms with Gasteiger partial charge in [0.15, 0.2) is 0 Å². The molecule has 2 aromatic carbocycles. The Kier molecular flexibility index (Phi) is 7.56. The predicted octanol–water partition coefficient (Wildman–Crippen LogP) is 3.39. The first kappa shape index (κ1) is 23.8. The fourth-order valence-electron chi connectivity index (χ4n) is 4.81. The van der Waals surface area contributed by atoms with Gasteiger partial charge in [0.2, 0.25) is 5.91 Å². The number of aromatic hydroxyl groups is 1. The Bertz CT molecular complexity index is 932. The van der Waals surface area contributed by atoms with E-state index in [1.165, 1.54) is 4.90 Å². The first-order valence-corrected chi connectivity index (χ1v) is 11.2. The molecule has 32 heavy (non-hydrogen) atoms. The van der Waals surface area contributed by atoms with Gasteiger partial charge in [0.25, 0.3) is 0 Å². The van der Waals surface area contributed by atoms with Crippen molar-refractivity contribution in [1.29, 1.82) is 0 Å². The molecule has 0 bridgehead atoms. The van der Waals surface area contributed by atoms with Crippen LogP contribution in [0.3, 0.4) is 0 Å². The Hall–Kier alpha value is -2.86. The highest BCUT2D eigenvalue weighted by Crippen LogP contribution is 2.40. The van der Waals surface area contributed by atoms with Crippen LogP contribution < -0.4 is 0 Å². The molecular formula is C26H34N2O4. The summed E-state index contributed by atoms with van der Waals surface area (Å²) in [7, 11) is 1.56. The van der Waals surface area contributed by atoms with Gasteiger partial charge in [0, 0.05) is 20.1 Å². The molecule has 3 atom stereocenters. The minimum atomic E-state index is -1.01. The summed E-state index contributed by atoms with van der Waals surface area (Å²) in [6, 6.07) is 17.4. The summed E-state index contributed by atoms with van der Waals surface area (Å²) in [4.78, 5) is 27.9. The molecule has 1 amide bonds. The summed E-state index contributed by atoms with van der Waals surface area (Å²) >= 11 is 0. The highest BCUT2D eigenvalue weighted by Gasteiger charge is 2.39. The molecule has 1 fully saturated rings. The smallest absolute Gasteiger partial charge is 0.323 e. The monoisotopic (exact) mass is 438 g/mol. The number of rotatable bonds is 8. The molecule has 1 heterocycles. The van der Waals surface area contributed by atoms with E-state index in [1.807, 2.05) is 42.5 Å². The molecule has 0 aromatic heterocycles. The molecule has 3 unspecified atom stereocenters. The molecule has 3 rings (SSSR count). The average molecular weight is 439 g/mol. The molecule has 2 aromatic rings. The number of carbonyl (C=O) groups excluding carboxylic acids is 1. The number of carboxylic acid groups (broad SMARTS) is 1. The number of phenolic OH excluding ortho intramolecular Hbond substituents is 1. The van der Waals surface area contributed by atoms with Gasteiger partial charge in [-0.15, -0.1) is 0 Å². The van der Waals surface area contributed by atoms with Crippen molar-refractivity contribution in [1.82, 2.24) is 9.80 Å². The average Bonchev–Trinajstić information content (AvgIpc) is 2.75. The molecular weight excluding hydrogens is 404 g/mol. The van der Waals surface area contributed by atoms with E-state index < -0.39 is 5.97 Å². The van der Waals surface area contributed by atoms with Crippen LogP contribution in [0.5, 0.6) is 5.75 Å². The molecule has 1 saturated heterocycles. The molecule has 1 aliphatic heterocycles. The normalized spacial score (nSPS) is 22.3. The van der Waals surface area contributed by atoms with E-state index in [2.05, 4.69) is 24.8 Å². The zero-order valence-corrected chi connectivity index (χ0v) is 19.2. The molecule has 2 N–H and O–H groups in total. The van der Waals surface area contributed by atoms with Gasteiger partial charge in [-0.25, -0.2) is 0 Å². The van der Waals surface area contributed by atoms with Gasteiger partial charge in [-0.2, -0.15) is 0 Å². The van der Waals surface area contributed by atoms with Crippen molar-refractivity contribution >= 4 is 11.9 Å². The number of aliphatic carboxylic acids is 1. The fourth-order valence-corrected chi connectivity index (χ4v) is 4.81. The third-order valence-electron chi connectivity index (χ3n) is 6.97. The number of nitrogens with zero attached hydrogens (tertiary/aromatic N) is 2. The maximum absolute atomic E-state index is 13.1. The molecule has 0 aliphatic carbocycles. The number of likely N-dealkylation sites (tertiary alicyclic amines) is 1. The Morgan fingerprint density at radius 3 is 2.53 bits per heavy atom. The van der Waals surface area contributed by atoms with Crippen molar-refractivity contribution in [2.45, 2.75) is 32.1 Å². The largest absolute Gasteiger partial charge is 0.508 e. The van der Waals surface area contributed by atoms with Gasteiger partial charge < -0.3 is 20.0 Å².